The summed E-state index contributed by atoms with van der Waals surface area (Å²) in [5.41, 5.74) is 0. The summed E-state index contributed by atoms with van der Waals surface area (Å²) in [5, 5.41) is 8.89. The van der Waals surface area contributed by atoms with E-state index in [-0.39, 0.29) is 25.2 Å². The lowest BCUT2D eigenvalue weighted by Gasteiger charge is -2.33. The van der Waals surface area contributed by atoms with Crippen LogP contribution in [0.15, 0.2) is 12.7 Å². The number of carbonyl (C=O) groups excluding carboxylic acids is 1. The molecule has 1 aliphatic rings. The molecule has 108 valence electrons. The minimum absolute atomic E-state index is 0.170. The summed E-state index contributed by atoms with van der Waals surface area (Å²) in [7, 11) is 0. The first-order chi connectivity index (χ1) is 9.10. The molecule has 0 aromatic carbocycles. The number of nitrogens with zero attached hydrogens (tertiary/aromatic N) is 2. The van der Waals surface area contributed by atoms with Gasteiger partial charge in [0.05, 0.1) is 0 Å². The largest absolute Gasteiger partial charge is 0.480 e. The first-order valence-electron chi connectivity index (χ1n) is 6.98. The Balaban J connectivity index is 2.78. The molecule has 1 unspecified atom stereocenters. The number of hydrogen-bond donors (Lipinski definition) is 1. The van der Waals surface area contributed by atoms with Gasteiger partial charge in [-0.05, 0) is 19.3 Å². The highest BCUT2D eigenvalue weighted by Crippen LogP contribution is 2.20. The lowest BCUT2D eigenvalue weighted by atomic mass is 10.1. The second kappa shape index (κ2) is 7.81. The number of carboxylic acids is 1. The van der Waals surface area contributed by atoms with E-state index >= 15 is 0 Å². The molecule has 1 aliphatic heterocycles. The van der Waals surface area contributed by atoms with Gasteiger partial charge in [-0.2, -0.15) is 0 Å². The first kappa shape index (κ1) is 15.5. The Bertz CT molecular complexity index is 331. The molecule has 1 fully saturated rings. The number of urea groups is 1. The number of carboxylic acid groups (broad SMARTS) is 1. The average molecular weight is 268 g/mol. The lowest BCUT2D eigenvalue weighted by molar-refractivity contribution is -0.137. The minimum atomic E-state index is -0.988. The SMILES string of the molecule is C=CCN(CC(=O)O)C(=O)N1CCCCCC1CC. The molecule has 0 aromatic rings. The van der Waals surface area contributed by atoms with Crippen molar-refractivity contribution in [3.63, 3.8) is 0 Å². The van der Waals surface area contributed by atoms with Crippen LogP contribution in [0.2, 0.25) is 0 Å². The minimum Gasteiger partial charge on any atom is -0.480 e. The average Bonchev–Trinajstić information content (AvgIpc) is 2.61. The Morgan fingerprint density at radius 3 is 2.74 bits per heavy atom. The predicted octanol–water partition coefficient (Wildman–Crippen LogP) is 2.33. The third-order valence-corrected chi connectivity index (χ3v) is 3.54. The number of likely N-dealkylation sites (tertiary alicyclic amines) is 1. The zero-order chi connectivity index (χ0) is 14.3. The molecule has 0 bridgehead atoms. The zero-order valence-electron chi connectivity index (χ0n) is 11.7. The normalized spacial score (nSPS) is 19.6. The van der Waals surface area contributed by atoms with Gasteiger partial charge in [-0.25, -0.2) is 4.79 Å². The third-order valence-electron chi connectivity index (χ3n) is 3.54. The fraction of sp³-hybridized carbons (Fsp3) is 0.714. The molecule has 5 heteroatoms. The molecular weight excluding hydrogens is 244 g/mol. The van der Waals surface area contributed by atoms with Crippen molar-refractivity contribution in [2.75, 3.05) is 19.6 Å². The number of amides is 2. The Morgan fingerprint density at radius 1 is 1.42 bits per heavy atom. The van der Waals surface area contributed by atoms with Gasteiger partial charge in [-0.1, -0.05) is 25.8 Å². The summed E-state index contributed by atoms with van der Waals surface area (Å²) in [6.07, 6.45) is 6.78. The van der Waals surface area contributed by atoms with Crippen LogP contribution in [0, 0.1) is 0 Å². The van der Waals surface area contributed by atoms with Gasteiger partial charge in [0.25, 0.3) is 0 Å². The van der Waals surface area contributed by atoms with E-state index in [1.54, 1.807) is 6.08 Å². The molecule has 1 N–H and O–H groups in total. The topological polar surface area (TPSA) is 60.9 Å². The van der Waals surface area contributed by atoms with E-state index in [0.29, 0.717) is 0 Å². The molecule has 1 heterocycles. The van der Waals surface area contributed by atoms with E-state index in [1.165, 1.54) is 4.90 Å². The van der Waals surface area contributed by atoms with Crippen molar-refractivity contribution in [2.24, 2.45) is 0 Å². The van der Waals surface area contributed by atoms with Crippen molar-refractivity contribution in [1.82, 2.24) is 9.80 Å². The number of aliphatic carboxylic acids is 1. The van der Waals surface area contributed by atoms with Crippen LogP contribution >= 0.6 is 0 Å². The van der Waals surface area contributed by atoms with Crippen molar-refractivity contribution in [3.05, 3.63) is 12.7 Å². The summed E-state index contributed by atoms with van der Waals surface area (Å²) < 4.78 is 0. The highest BCUT2D eigenvalue weighted by atomic mass is 16.4. The summed E-state index contributed by atoms with van der Waals surface area (Å²) in [4.78, 5) is 26.5. The Hall–Kier alpha value is -1.52. The van der Waals surface area contributed by atoms with Gasteiger partial charge in [-0.3, -0.25) is 4.79 Å². The van der Waals surface area contributed by atoms with Crippen molar-refractivity contribution < 1.29 is 14.7 Å². The monoisotopic (exact) mass is 268 g/mol. The Morgan fingerprint density at radius 2 is 2.16 bits per heavy atom. The second-order valence-electron chi connectivity index (χ2n) is 4.95. The molecule has 0 spiro atoms. The van der Waals surface area contributed by atoms with E-state index in [4.69, 9.17) is 5.11 Å². The maximum atomic E-state index is 12.5. The van der Waals surface area contributed by atoms with Crippen LogP contribution < -0.4 is 0 Å². The maximum absolute atomic E-state index is 12.5. The van der Waals surface area contributed by atoms with E-state index < -0.39 is 5.97 Å². The summed E-state index contributed by atoms with van der Waals surface area (Å²) in [6, 6.07) is 0.0622. The van der Waals surface area contributed by atoms with Gasteiger partial charge in [0.1, 0.15) is 6.54 Å². The van der Waals surface area contributed by atoms with Crippen LogP contribution in [0.4, 0.5) is 4.79 Å². The molecule has 0 aromatic heterocycles. The highest BCUT2D eigenvalue weighted by molar-refractivity contribution is 5.80. The molecule has 5 nitrogen and oxygen atoms in total. The molecule has 2 amide bonds. The lowest BCUT2D eigenvalue weighted by Crippen LogP contribution is -2.49. The second-order valence-corrected chi connectivity index (χ2v) is 4.95. The number of hydrogen-bond acceptors (Lipinski definition) is 2. The van der Waals surface area contributed by atoms with Crippen LogP contribution in [0.25, 0.3) is 0 Å². The standard InChI is InChI=1S/C14H24N2O3/c1-3-9-15(11-13(17)18)14(19)16-10-7-5-6-8-12(16)4-2/h3,12H,1,4-11H2,2H3,(H,17,18). The summed E-state index contributed by atoms with van der Waals surface area (Å²) in [6.45, 7) is 6.40. The molecule has 0 aliphatic carbocycles. The molecule has 1 rings (SSSR count). The third kappa shape index (κ3) is 4.58. The first-order valence-corrected chi connectivity index (χ1v) is 6.98. The Labute approximate surface area is 114 Å². The van der Waals surface area contributed by atoms with Crippen molar-refractivity contribution in [1.29, 1.82) is 0 Å². The smallest absolute Gasteiger partial charge is 0.323 e. The molecule has 0 radical (unpaired) electrons. The number of carbonyl (C=O) groups is 2. The summed E-state index contributed by atoms with van der Waals surface area (Å²) >= 11 is 0. The van der Waals surface area contributed by atoms with Crippen LogP contribution in [-0.4, -0.2) is 52.6 Å². The fourth-order valence-electron chi connectivity index (χ4n) is 2.56. The molecule has 1 atom stereocenters. The molecule has 1 saturated heterocycles. The van der Waals surface area contributed by atoms with Crippen LogP contribution in [-0.2, 0) is 4.79 Å². The maximum Gasteiger partial charge on any atom is 0.323 e. The highest BCUT2D eigenvalue weighted by Gasteiger charge is 2.28. The van der Waals surface area contributed by atoms with Crippen LogP contribution in [0.3, 0.4) is 0 Å². The molecule has 19 heavy (non-hydrogen) atoms. The van der Waals surface area contributed by atoms with E-state index in [1.807, 2.05) is 4.90 Å². The van der Waals surface area contributed by atoms with E-state index in [0.717, 1.165) is 38.6 Å². The van der Waals surface area contributed by atoms with Crippen molar-refractivity contribution in [3.8, 4) is 0 Å². The van der Waals surface area contributed by atoms with Crippen LogP contribution in [0.5, 0.6) is 0 Å². The fourth-order valence-corrected chi connectivity index (χ4v) is 2.56. The van der Waals surface area contributed by atoms with Gasteiger partial charge in [0, 0.05) is 19.1 Å². The molecule has 0 saturated carbocycles. The van der Waals surface area contributed by atoms with Gasteiger partial charge >= 0.3 is 12.0 Å². The van der Waals surface area contributed by atoms with E-state index in [9.17, 15) is 9.59 Å². The quantitative estimate of drug-likeness (QED) is 0.778. The molecular formula is C14H24N2O3. The summed E-state index contributed by atoms with van der Waals surface area (Å²) in [5.74, 6) is -0.988. The van der Waals surface area contributed by atoms with Crippen molar-refractivity contribution in [2.45, 2.75) is 45.1 Å². The van der Waals surface area contributed by atoms with Gasteiger partial charge in [0.2, 0.25) is 0 Å². The van der Waals surface area contributed by atoms with E-state index in [2.05, 4.69) is 13.5 Å². The predicted molar refractivity (Wildman–Crippen MR) is 74.1 cm³/mol. The van der Waals surface area contributed by atoms with Gasteiger partial charge in [-0.15, -0.1) is 6.58 Å². The number of rotatable bonds is 5. The van der Waals surface area contributed by atoms with Gasteiger partial charge in [0.15, 0.2) is 0 Å². The van der Waals surface area contributed by atoms with Crippen molar-refractivity contribution >= 4 is 12.0 Å². The zero-order valence-corrected chi connectivity index (χ0v) is 11.7. The van der Waals surface area contributed by atoms with Gasteiger partial charge < -0.3 is 14.9 Å². The van der Waals surface area contributed by atoms with Crippen LogP contribution in [0.1, 0.15) is 39.0 Å². The Kier molecular flexibility index (Phi) is 6.39.